The number of amides is 1. The van der Waals surface area contributed by atoms with Crippen LogP contribution in [0.1, 0.15) is 36.8 Å². The fraction of sp³-hybridized carbons (Fsp3) is 0.261. The lowest BCUT2D eigenvalue weighted by Gasteiger charge is -2.29. The van der Waals surface area contributed by atoms with E-state index in [2.05, 4.69) is 15.3 Å². The van der Waals surface area contributed by atoms with Crippen LogP contribution in [0.3, 0.4) is 0 Å². The Morgan fingerprint density at radius 1 is 1.07 bits per heavy atom. The van der Waals surface area contributed by atoms with E-state index in [0.29, 0.717) is 10.8 Å². The molecule has 1 aliphatic rings. The van der Waals surface area contributed by atoms with Crippen LogP contribution < -0.4 is 10.1 Å². The van der Waals surface area contributed by atoms with Crippen LogP contribution in [0.4, 0.5) is 5.69 Å². The van der Waals surface area contributed by atoms with Crippen molar-refractivity contribution in [2.45, 2.75) is 38.0 Å². The van der Waals surface area contributed by atoms with Gasteiger partial charge in [0.2, 0.25) is 5.91 Å². The van der Waals surface area contributed by atoms with Crippen LogP contribution in [0.15, 0.2) is 60.9 Å². The van der Waals surface area contributed by atoms with Crippen LogP contribution in [0, 0.1) is 6.92 Å². The van der Waals surface area contributed by atoms with E-state index in [0.717, 1.165) is 42.5 Å². The summed E-state index contributed by atoms with van der Waals surface area (Å²) in [5, 5.41) is 3.82. The van der Waals surface area contributed by atoms with Gasteiger partial charge in [-0.1, -0.05) is 36.6 Å². The molecule has 1 N–H and O–H groups in total. The minimum atomic E-state index is -0.510. The molecule has 0 radical (unpaired) electrons. The first-order valence-corrected chi connectivity index (χ1v) is 10.1. The lowest BCUT2D eigenvalue weighted by atomic mass is 9.78. The van der Waals surface area contributed by atoms with Crippen LogP contribution in [-0.2, 0) is 10.2 Å². The first kappa shape index (κ1) is 19.4. The smallest absolute Gasteiger partial charge is 0.321 e. The summed E-state index contributed by atoms with van der Waals surface area (Å²) in [6, 6.07) is 15.2. The van der Waals surface area contributed by atoms with Crippen LogP contribution in [-0.4, -0.2) is 15.9 Å². The topological polar surface area (TPSA) is 64.1 Å². The number of aryl methyl sites for hydroxylation is 1. The molecule has 1 saturated carbocycles. The highest BCUT2D eigenvalue weighted by Gasteiger charge is 2.42. The minimum Gasteiger partial charge on any atom is -0.424 e. The fourth-order valence-corrected chi connectivity index (χ4v) is 4.05. The summed E-state index contributed by atoms with van der Waals surface area (Å²) in [6.45, 7) is 1.94. The van der Waals surface area contributed by atoms with Gasteiger partial charge >= 0.3 is 6.01 Å². The van der Waals surface area contributed by atoms with Crippen molar-refractivity contribution in [2.24, 2.45) is 0 Å². The SMILES string of the molecule is Cc1cc(Oc2ncccn2)ccc1NC(=O)C1(c2ccc(Cl)cc2)CCCC1. The number of carbonyl (C=O) groups excluding carboxylic acids is 1. The molecule has 29 heavy (non-hydrogen) atoms. The van der Waals surface area contributed by atoms with Crippen molar-refractivity contribution in [1.29, 1.82) is 0 Å². The monoisotopic (exact) mass is 407 g/mol. The zero-order chi connectivity index (χ0) is 20.3. The first-order chi connectivity index (χ1) is 14.1. The summed E-state index contributed by atoms with van der Waals surface area (Å²) in [7, 11) is 0. The molecule has 148 valence electrons. The highest BCUT2D eigenvalue weighted by Crippen LogP contribution is 2.42. The number of aromatic nitrogens is 2. The molecule has 1 aliphatic carbocycles. The fourth-order valence-electron chi connectivity index (χ4n) is 3.92. The van der Waals surface area contributed by atoms with Gasteiger partial charge in [-0.15, -0.1) is 0 Å². The van der Waals surface area contributed by atoms with Gasteiger partial charge in [0.15, 0.2) is 0 Å². The molecule has 0 atom stereocenters. The maximum absolute atomic E-state index is 13.4. The van der Waals surface area contributed by atoms with E-state index in [1.54, 1.807) is 18.5 Å². The van der Waals surface area contributed by atoms with E-state index in [9.17, 15) is 4.79 Å². The lowest BCUT2D eigenvalue weighted by Crippen LogP contribution is -2.38. The molecule has 0 spiro atoms. The number of ether oxygens (including phenoxy) is 1. The van der Waals surface area contributed by atoms with E-state index < -0.39 is 5.41 Å². The Bertz CT molecular complexity index is 1000. The van der Waals surface area contributed by atoms with Crippen molar-refractivity contribution >= 4 is 23.2 Å². The van der Waals surface area contributed by atoms with Gasteiger partial charge in [0.25, 0.3) is 0 Å². The van der Waals surface area contributed by atoms with Crippen molar-refractivity contribution in [1.82, 2.24) is 9.97 Å². The Hall–Kier alpha value is -2.92. The molecule has 6 heteroatoms. The average Bonchev–Trinajstić information content (AvgIpc) is 3.22. The first-order valence-electron chi connectivity index (χ1n) is 9.70. The Balaban J connectivity index is 1.54. The van der Waals surface area contributed by atoms with Crippen molar-refractivity contribution in [2.75, 3.05) is 5.32 Å². The standard InChI is InChI=1S/C23H22ClN3O2/c1-16-15-19(29-22-25-13-4-14-26-22)9-10-20(16)27-21(28)23(11-2-3-12-23)17-5-7-18(24)8-6-17/h4-10,13-15H,2-3,11-12H2,1H3,(H,27,28). The summed E-state index contributed by atoms with van der Waals surface area (Å²) < 4.78 is 5.67. The summed E-state index contributed by atoms with van der Waals surface area (Å²) >= 11 is 6.05. The molecule has 0 aliphatic heterocycles. The molecular formula is C23H22ClN3O2. The lowest BCUT2D eigenvalue weighted by molar-refractivity contribution is -0.121. The summed E-state index contributed by atoms with van der Waals surface area (Å²) in [6.07, 6.45) is 7.01. The molecule has 0 bridgehead atoms. The van der Waals surface area contributed by atoms with Crippen molar-refractivity contribution in [3.05, 3.63) is 77.1 Å². The number of hydrogen-bond donors (Lipinski definition) is 1. The van der Waals surface area contributed by atoms with E-state index in [1.807, 2.05) is 49.4 Å². The molecule has 5 nitrogen and oxygen atoms in total. The van der Waals surface area contributed by atoms with Gasteiger partial charge in [-0.2, -0.15) is 0 Å². The molecule has 1 aromatic heterocycles. The molecule has 2 aromatic carbocycles. The van der Waals surface area contributed by atoms with Crippen LogP contribution in [0.5, 0.6) is 11.8 Å². The highest BCUT2D eigenvalue weighted by atomic mass is 35.5. The number of halogens is 1. The van der Waals surface area contributed by atoms with Gasteiger partial charge in [-0.05, 0) is 67.3 Å². The minimum absolute atomic E-state index is 0.0282. The summed E-state index contributed by atoms with van der Waals surface area (Å²) in [5.41, 5.74) is 2.20. The van der Waals surface area contributed by atoms with Crippen LogP contribution in [0.25, 0.3) is 0 Å². The predicted molar refractivity (Wildman–Crippen MR) is 114 cm³/mol. The molecule has 1 amide bonds. The average molecular weight is 408 g/mol. The molecule has 0 saturated heterocycles. The second-order valence-electron chi connectivity index (χ2n) is 7.36. The maximum Gasteiger partial charge on any atom is 0.321 e. The molecule has 4 rings (SSSR count). The van der Waals surface area contributed by atoms with E-state index in [-0.39, 0.29) is 11.9 Å². The number of nitrogens with zero attached hydrogens (tertiary/aromatic N) is 2. The Morgan fingerprint density at radius 2 is 1.76 bits per heavy atom. The van der Waals surface area contributed by atoms with Crippen LogP contribution in [0.2, 0.25) is 5.02 Å². The predicted octanol–water partition coefficient (Wildman–Crippen LogP) is 5.68. The number of hydrogen-bond acceptors (Lipinski definition) is 4. The number of nitrogens with one attached hydrogen (secondary N) is 1. The van der Waals surface area contributed by atoms with E-state index >= 15 is 0 Å². The second-order valence-corrected chi connectivity index (χ2v) is 7.80. The van der Waals surface area contributed by atoms with Crippen LogP contribution >= 0.6 is 11.6 Å². The molecule has 0 unspecified atom stereocenters. The van der Waals surface area contributed by atoms with Crippen molar-refractivity contribution in [3.8, 4) is 11.8 Å². The van der Waals surface area contributed by atoms with Gasteiger partial charge in [-0.3, -0.25) is 4.79 Å². The number of benzene rings is 2. The zero-order valence-electron chi connectivity index (χ0n) is 16.2. The Labute approximate surface area is 175 Å². The van der Waals surface area contributed by atoms with E-state index in [1.165, 1.54) is 0 Å². The second kappa shape index (κ2) is 8.21. The Morgan fingerprint density at radius 3 is 2.41 bits per heavy atom. The van der Waals surface area contributed by atoms with Gasteiger partial charge < -0.3 is 10.1 Å². The largest absolute Gasteiger partial charge is 0.424 e. The normalized spacial score (nSPS) is 15.1. The van der Waals surface area contributed by atoms with Gasteiger partial charge in [0, 0.05) is 23.1 Å². The molecular weight excluding hydrogens is 386 g/mol. The summed E-state index contributed by atoms with van der Waals surface area (Å²) in [4.78, 5) is 21.5. The third kappa shape index (κ3) is 4.10. The van der Waals surface area contributed by atoms with Gasteiger partial charge in [0.05, 0.1) is 5.41 Å². The number of rotatable bonds is 5. The summed E-state index contributed by atoms with van der Waals surface area (Å²) in [5.74, 6) is 0.653. The number of anilines is 1. The van der Waals surface area contributed by atoms with Crippen molar-refractivity contribution < 1.29 is 9.53 Å². The molecule has 3 aromatic rings. The maximum atomic E-state index is 13.4. The van der Waals surface area contributed by atoms with Crippen molar-refractivity contribution in [3.63, 3.8) is 0 Å². The van der Waals surface area contributed by atoms with Gasteiger partial charge in [-0.25, -0.2) is 9.97 Å². The molecule has 1 heterocycles. The zero-order valence-corrected chi connectivity index (χ0v) is 16.9. The van der Waals surface area contributed by atoms with E-state index in [4.69, 9.17) is 16.3 Å². The third-order valence-electron chi connectivity index (χ3n) is 5.49. The Kier molecular flexibility index (Phi) is 5.49. The quantitative estimate of drug-likeness (QED) is 0.590. The third-order valence-corrected chi connectivity index (χ3v) is 5.74. The number of carbonyl (C=O) groups is 1. The molecule has 1 fully saturated rings. The highest BCUT2D eigenvalue weighted by molar-refractivity contribution is 6.30. The van der Waals surface area contributed by atoms with Gasteiger partial charge in [0.1, 0.15) is 5.75 Å².